The van der Waals surface area contributed by atoms with Crippen LogP contribution in [-0.4, -0.2) is 93.3 Å². The molecule has 0 saturated carbocycles. The van der Waals surface area contributed by atoms with E-state index in [2.05, 4.69) is 20.7 Å². The number of amides is 2. The Balaban J connectivity index is 1.83. The smallest absolute Gasteiger partial charge is 0.352 e. The van der Waals surface area contributed by atoms with Crippen LogP contribution in [0.3, 0.4) is 0 Å². The number of aliphatic carboxylic acids is 1. The van der Waals surface area contributed by atoms with Gasteiger partial charge in [0.2, 0.25) is 5.91 Å². The van der Waals surface area contributed by atoms with Gasteiger partial charge in [0.25, 0.3) is 11.6 Å². The number of ether oxygens (including phenoxy) is 1. The first kappa shape index (κ1) is 21.6. The third-order valence-electron chi connectivity index (χ3n) is 4.14. The molecular formula is C14H17N5O7S3. The minimum Gasteiger partial charge on any atom is -0.477 e. The van der Waals surface area contributed by atoms with Gasteiger partial charge < -0.3 is 15.2 Å². The molecule has 1 aromatic heterocycles. The number of nitrogens with zero attached hydrogens (tertiary/aromatic N) is 3. The minimum atomic E-state index is -3.62. The maximum absolute atomic E-state index is 12.8. The van der Waals surface area contributed by atoms with Gasteiger partial charge in [-0.15, -0.1) is 16.9 Å². The Morgan fingerprint density at radius 1 is 1.55 bits per heavy atom. The number of β-lactam (4-membered cyclic amide) rings is 1. The number of carbonyl (C=O) groups is 3. The first-order valence-electron chi connectivity index (χ1n) is 8.03. The number of sulfone groups is 1. The van der Waals surface area contributed by atoms with Crippen LogP contribution in [0.2, 0.25) is 0 Å². The van der Waals surface area contributed by atoms with Crippen molar-refractivity contribution in [2.24, 2.45) is 0 Å². The molecule has 3 N–H and O–H groups in total. The van der Waals surface area contributed by atoms with Crippen LogP contribution in [-0.2, 0) is 29.0 Å². The van der Waals surface area contributed by atoms with Crippen molar-refractivity contribution in [3.05, 3.63) is 17.5 Å². The van der Waals surface area contributed by atoms with Crippen LogP contribution in [0.5, 0.6) is 0 Å². The molecule has 2 amide bonds. The van der Waals surface area contributed by atoms with Gasteiger partial charge in [0.1, 0.15) is 21.8 Å². The van der Waals surface area contributed by atoms with E-state index in [9.17, 15) is 27.9 Å². The number of H-pyrrole nitrogens is 1. The van der Waals surface area contributed by atoms with Crippen LogP contribution in [0.15, 0.2) is 22.5 Å². The minimum absolute atomic E-state index is 0.181. The molecule has 0 aliphatic carbocycles. The van der Waals surface area contributed by atoms with E-state index in [1.165, 1.54) is 30.6 Å². The fraction of sp³-hybridized carbons (Fsp3) is 0.500. The highest BCUT2D eigenvalue weighted by atomic mass is 32.2. The number of carbonyl (C=O) groups excluding carboxylic acids is 2. The second-order valence-corrected chi connectivity index (χ2v) is 10.5. The number of thioether (sulfide) groups is 2. The molecule has 0 spiro atoms. The Hall–Kier alpha value is -2.10. The van der Waals surface area contributed by atoms with E-state index in [4.69, 9.17) is 4.74 Å². The number of aromatic amines is 1. The highest BCUT2D eigenvalue weighted by molar-refractivity contribution is 8.01. The van der Waals surface area contributed by atoms with Gasteiger partial charge in [-0.05, 0) is 5.57 Å². The normalized spacial score (nSPS) is 24.1. The summed E-state index contributed by atoms with van der Waals surface area (Å²) in [5, 5.41) is 21.7. The third kappa shape index (κ3) is 4.12. The van der Waals surface area contributed by atoms with Crippen LogP contribution in [0, 0.1) is 0 Å². The summed E-state index contributed by atoms with van der Waals surface area (Å²) in [7, 11) is -2.42. The summed E-state index contributed by atoms with van der Waals surface area (Å²) in [5.74, 6) is -3.24. The summed E-state index contributed by atoms with van der Waals surface area (Å²) in [5.41, 5.74) is -1.50. The van der Waals surface area contributed by atoms with Gasteiger partial charge >= 0.3 is 5.97 Å². The molecule has 3 heterocycles. The first-order chi connectivity index (χ1) is 13.6. The molecule has 2 atom stereocenters. The molecule has 0 bridgehead atoms. The van der Waals surface area contributed by atoms with E-state index in [1.54, 1.807) is 6.20 Å². The molecule has 1 fully saturated rings. The lowest BCUT2D eigenvalue weighted by Gasteiger charge is -2.55. The standard InChI is InChI=1S/C14H17N5O7S3/c1-26-14(16-8(20)6-29(2,24)25)12(23)19-10(11(21)22)7(5-28-13(14)19)4-27-9-3-15-18-17-9/h3,13H,4-6H2,1-2H3,(H,16,20)(H,21,22)(H,15,17,18)/t13-,14-/m0/s1. The van der Waals surface area contributed by atoms with E-state index in [0.29, 0.717) is 10.6 Å². The number of nitrogens with one attached hydrogen (secondary N) is 2. The number of fused-ring (bicyclic) bond motifs is 1. The SMILES string of the molecule is CO[C@@]1(NC(=O)CS(C)(=O)=O)C(=O)N2C(C(=O)O)=C(CSc3c[nH]nn3)CS[C@H]21. The zero-order chi connectivity index (χ0) is 21.4. The van der Waals surface area contributed by atoms with E-state index < -0.39 is 44.5 Å². The molecule has 2 aliphatic rings. The van der Waals surface area contributed by atoms with Gasteiger partial charge in [-0.2, -0.15) is 0 Å². The number of aromatic nitrogens is 3. The van der Waals surface area contributed by atoms with Gasteiger partial charge in [0.05, 0.1) is 6.20 Å². The second kappa shape index (κ2) is 7.97. The van der Waals surface area contributed by atoms with Crippen LogP contribution in [0.25, 0.3) is 0 Å². The van der Waals surface area contributed by atoms with Gasteiger partial charge in [-0.3, -0.25) is 19.6 Å². The Bertz CT molecular complexity index is 978. The lowest BCUT2D eigenvalue weighted by molar-refractivity contribution is -0.192. The predicted octanol–water partition coefficient (Wildman–Crippen LogP) is -1.35. The Labute approximate surface area is 173 Å². The number of rotatable bonds is 8. The first-order valence-corrected chi connectivity index (χ1v) is 12.1. The van der Waals surface area contributed by atoms with Gasteiger partial charge in [0.15, 0.2) is 9.84 Å². The van der Waals surface area contributed by atoms with Crippen LogP contribution < -0.4 is 5.32 Å². The number of hydrogen-bond acceptors (Lipinski definition) is 10. The predicted molar refractivity (Wildman–Crippen MR) is 102 cm³/mol. The van der Waals surface area contributed by atoms with Crippen LogP contribution in [0.4, 0.5) is 0 Å². The lowest BCUT2D eigenvalue weighted by Crippen LogP contribution is -2.81. The molecule has 29 heavy (non-hydrogen) atoms. The highest BCUT2D eigenvalue weighted by Crippen LogP contribution is 2.47. The van der Waals surface area contributed by atoms with Crippen molar-refractivity contribution in [2.45, 2.75) is 16.1 Å². The molecule has 15 heteroatoms. The van der Waals surface area contributed by atoms with Crippen molar-refractivity contribution in [3.8, 4) is 0 Å². The Morgan fingerprint density at radius 2 is 2.28 bits per heavy atom. The maximum Gasteiger partial charge on any atom is 0.352 e. The zero-order valence-electron chi connectivity index (χ0n) is 15.2. The summed E-state index contributed by atoms with van der Waals surface area (Å²) in [4.78, 5) is 37.8. The largest absolute Gasteiger partial charge is 0.477 e. The molecule has 1 aromatic rings. The summed E-state index contributed by atoms with van der Waals surface area (Å²) in [6, 6.07) is 0. The zero-order valence-corrected chi connectivity index (χ0v) is 17.7. The average molecular weight is 464 g/mol. The summed E-state index contributed by atoms with van der Waals surface area (Å²) >= 11 is 2.47. The third-order valence-corrected chi connectivity index (χ3v) is 7.29. The topological polar surface area (TPSA) is 172 Å². The fourth-order valence-electron chi connectivity index (χ4n) is 2.96. The average Bonchev–Trinajstić information content (AvgIpc) is 3.15. The highest BCUT2D eigenvalue weighted by Gasteiger charge is 2.66. The van der Waals surface area contributed by atoms with Crippen molar-refractivity contribution in [2.75, 3.05) is 30.6 Å². The quantitative estimate of drug-likeness (QED) is 0.236. The second-order valence-electron chi connectivity index (χ2n) is 6.25. The Morgan fingerprint density at radius 3 is 2.83 bits per heavy atom. The van der Waals surface area contributed by atoms with Crippen molar-refractivity contribution in [1.82, 2.24) is 25.6 Å². The number of methoxy groups -OCH3 is 1. The number of carboxylic acids is 1. The number of hydrogen-bond donors (Lipinski definition) is 3. The van der Waals surface area contributed by atoms with Crippen LogP contribution >= 0.6 is 23.5 Å². The molecule has 0 aromatic carbocycles. The summed E-state index contributed by atoms with van der Waals surface area (Å²) < 4.78 is 27.9. The number of carboxylic acid groups (broad SMARTS) is 1. The maximum atomic E-state index is 12.8. The molecule has 1 saturated heterocycles. The molecule has 12 nitrogen and oxygen atoms in total. The van der Waals surface area contributed by atoms with Crippen molar-refractivity contribution >= 4 is 51.1 Å². The van der Waals surface area contributed by atoms with E-state index in [0.717, 1.165) is 11.2 Å². The van der Waals surface area contributed by atoms with Crippen molar-refractivity contribution in [3.63, 3.8) is 0 Å². The molecule has 2 aliphatic heterocycles. The molecule has 158 valence electrons. The monoisotopic (exact) mass is 463 g/mol. The van der Waals surface area contributed by atoms with E-state index in [-0.39, 0.29) is 17.2 Å². The summed E-state index contributed by atoms with van der Waals surface area (Å²) in [6.07, 6.45) is 2.45. The van der Waals surface area contributed by atoms with Gasteiger partial charge in [-0.25, -0.2) is 13.2 Å². The Kier molecular flexibility index (Phi) is 5.93. The summed E-state index contributed by atoms with van der Waals surface area (Å²) in [6.45, 7) is 0. The molecular weight excluding hydrogens is 446 g/mol. The van der Waals surface area contributed by atoms with E-state index in [1.807, 2.05) is 0 Å². The molecule has 0 radical (unpaired) electrons. The van der Waals surface area contributed by atoms with Crippen LogP contribution in [0.1, 0.15) is 0 Å². The van der Waals surface area contributed by atoms with Gasteiger partial charge in [0, 0.05) is 24.9 Å². The van der Waals surface area contributed by atoms with E-state index >= 15 is 0 Å². The fourth-order valence-corrected chi connectivity index (χ4v) is 5.87. The van der Waals surface area contributed by atoms with Crippen molar-refractivity contribution < 1.29 is 32.6 Å². The van der Waals surface area contributed by atoms with Crippen molar-refractivity contribution in [1.29, 1.82) is 0 Å². The van der Waals surface area contributed by atoms with Gasteiger partial charge in [-0.1, -0.05) is 17.0 Å². The molecule has 3 rings (SSSR count). The lowest BCUT2D eigenvalue weighted by atomic mass is 9.98. The molecule has 0 unspecified atom stereocenters.